The number of fused-ring (bicyclic) bond motifs is 1. The summed E-state index contributed by atoms with van der Waals surface area (Å²) in [6, 6.07) is 6.18. The Labute approximate surface area is 195 Å². The highest BCUT2D eigenvalue weighted by Gasteiger charge is 2.32. The van der Waals surface area contributed by atoms with Crippen LogP contribution in [0, 0.1) is 19.3 Å². The highest BCUT2D eigenvalue weighted by Crippen LogP contribution is 2.39. The number of esters is 1. The van der Waals surface area contributed by atoms with E-state index >= 15 is 0 Å². The monoisotopic (exact) mass is 457 g/mol. The van der Waals surface area contributed by atoms with Gasteiger partial charge in [-0.15, -0.1) is 11.3 Å². The van der Waals surface area contributed by atoms with Crippen molar-refractivity contribution in [1.29, 1.82) is 0 Å². The van der Waals surface area contributed by atoms with Gasteiger partial charge in [0.25, 0.3) is 0 Å². The summed E-state index contributed by atoms with van der Waals surface area (Å²) in [6.45, 7) is 10.7. The molecule has 0 fully saturated rings. The molecule has 1 aliphatic carbocycles. The summed E-state index contributed by atoms with van der Waals surface area (Å²) < 4.78 is 11.3. The fourth-order valence-corrected chi connectivity index (χ4v) is 5.29. The fourth-order valence-electron chi connectivity index (χ4n) is 4.02. The van der Waals surface area contributed by atoms with Gasteiger partial charge in [-0.25, -0.2) is 4.79 Å². The van der Waals surface area contributed by atoms with Crippen molar-refractivity contribution in [2.75, 3.05) is 18.5 Å². The Balaban J connectivity index is 1.63. The topological polar surface area (TPSA) is 64.6 Å². The zero-order valence-electron chi connectivity index (χ0n) is 19.9. The average molecular weight is 458 g/mol. The molecule has 0 atom stereocenters. The largest absolute Gasteiger partial charge is 0.493 e. The Bertz CT molecular complexity index is 976. The molecule has 174 valence electrons. The lowest BCUT2D eigenvalue weighted by molar-refractivity contribution is -0.124. The fraction of sp³-hybridized carbons (Fsp3) is 0.538. The number of hydrogen-bond acceptors (Lipinski definition) is 5. The molecule has 0 aliphatic heterocycles. The number of hydrogen-bond donors (Lipinski definition) is 1. The van der Waals surface area contributed by atoms with E-state index in [0.717, 1.165) is 49.0 Å². The van der Waals surface area contributed by atoms with E-state index in [9.17, 15) is 9.59 Å². The third-order valence-electron chi connectivity index (χ3n) is 6.04. The van der Waals surface area contributed by atoms with Crippen LogP contribution in [0.2, 0.25) is 0 Å². The zero-order valence-corrected chi connectivity index (χ0v) is 20.7. The number of carbonyl (C=O) groups excluding carboxylic acids is 2. The van der Waals surface area contributed by atoms with Crippen LogP contribution >= 0.6 is 11.3 Å². The first-order chi connectivity index (χ1) is 15.2. The van der Waals surface area contributed by atoms with Gasteiger partial charge in [-0.3, -0.25) is 4.79 Å². The van der Waals surface area contributed by atoms with Gasteiger partial charge in [0.05, 0.1) is 18.8 Å². The van der Waals surface area contributed by atoms with Crippen LogP contribution in [0.1, 0.15) is 78.4 Å². The Hall–Kier alpha value is -2.34. The molecule has 1 heterocycles. The van der Waals surface area contributed by atoms with Crippen LogP contribution in [0.3, 0.4) is 0 Å². The van der Waals surface area contributed by atoms with Crippen molar-refractivity contribution in [3.63, 3.8) is 0 Å². The summed E-state index contributed by atoms with van der Waals surface area (Å²) >= 11 is 1.53. The number of nitrogens with one attached hydrogen (secondary N) is 1. The lowest BCUT2D eigenvalue weighted by atomic mass is 9.87. The molecule has 1 aromatic heterocycles. The molecule has 2 aromatic rings. The van der Waals surface area contributed by atoms with Crippen molar-refractivity contribution >= 4 is 28.2 Å². The molecule has 0 spiro atoms. The van der Waals surface area contributed by atoms with Crippen molar-refractivity contribution < 1.29 is 19.1 Å². The van der Waals surface area contributed by atoms with Crippen LogP contribution in [0.5, 0.6) is 5.75 Å². The zero-order chi connectivity index (χ0) is 23.3. The maximum Gasteiger partial charge on any atom is 0.341 e. The Morgan fingerprint density at radius 1 is 1.16 bits per heavy atom. The molecule has 6 heteroatoms. The van der Waals surface area contributed by atoms with E-state index < -0.39 is 5.41 Å². The second-order valence-electron chi connectivity index (χ2n) is 9.19. The maximum absolute atomic E-state index is 13.1. The third kappa shape index (κ3) is 5.71. The summed E-state index contributed by atoms with van der Waals surface area (Å²) in [5.41, 5.74) is 3.33. The number of carbonyl (C=O) groups is 2. The molecule has 0 saturated carbocycles. The average Bonchev–Trinajstić information content (AvgIpc) is 3.11. The van der Waals surface area contributed by atoms with Crippen LogP contribution in [0.4, 0.5) is 5.00 Å². The van der Waals surface area contributed by atoms with Gasteiger partial charge in [0.15, 0.2) is 0 Å². The van der Waals surface area contributed by atoms with Gasteiger partial charge < -0.3 is 14.8 Å². The number of anilines is 1. The van der Waals surface area contributed by atoms with Gasteiger partial charge in [0, 0.05) is 10.3 Å². The molecule has 32 heavy (non-hydrogen) atoms. The Kier molecular flexibility index (Phi) is 7.99. The standard InChI is InChI=1S/C26H35NO4S/c1-6-30-24(28)22-19-10-7-8-11-21(19)32-23(22)27-25(29)26(4,5)14-9-15-31-20-16-17(2)12-13-18(20)3/h12-13,16H,6-11,14-15H2,1-5H3,(H,27,29). The van der Waals surface area contributed by atoms with Crippen LogP contribution in [0.15, 0.2) is 18.2 Å². The van der Waals surface area contributed by atoms with Crippen molar-refractivity contribution in [2.45, 2.75) is 73.1 Å². The van der Waals surface area contributed by atoms with Gasteiger partial charge >= 0.3 is 5.97 Å². The van der Waals surface area contributed by atoms with Crippen LogP contribution in [-0.4, -0.2) is 25.1 Å². The number of aryl methyl sites for hydroxylation is 3. The van der Waals surface area contributed by atoms with E-state index in [-0.39, 0.29) is 11.9 Å². The van der Waals surface area contributed by atoms with Crippen LogP contribution in [-0.2, 0) is 22.4 Å². The molecule has 1 aliphatic rings. The van der Waals surface area contributed by atoms with E-state index in [1.54, 1.807) is 6.92 Å². The molecule has 0 radical (unpaired) electrons. The van der Waals surface area contributed by atoms with Gasteiger partial charge in [0.1, 0.15) is 10.8 Å². The first kappa shape index (κ1) is 24.3. The lowest BCUT2D eigenvalue weighted by Crippen LogP contribution is -2.31. The number of benzene rings is 1. The molecular formula is C26H35NO4S. The first-order valence-corrected chi connectivity index (χ1v) is 12.4. The minimum Gasteiger partial charge on any atom is -0.493 e. The normalized spacial score (nSPS) is 13.4. The number of amides is 1. The van der Waals surface area contributed by atoms with E-state index in [0.29, 0.717) is 30.2 Å². The Morgan fingerprint density at radius 3 is 2.66 bits per heavy atom. The second kappa shape index (κ2) is 10.5. The maximum atomic E-state index is 13.1. The van der Waals surface area contributed by atoms with E-state index in [1.165, 1.54) is 21.8 Å². The number of thiophene rings is 1. The predicted molar refractivity (Wildman–Crippen MR) is 130 cm³/mol. The van der Waals surface area contributed by atoms with Crippen molar-refractivity contribution in [3.8, 4) is 5.75 Å². The quantitative estimate of drug-likeness (QED) is 0.357. The highest BCUT2D eigenvalue weighted by molar-refractivity contribution is 7.17. The van der Waals surface area contributed by atoms with Gasteiger partial charge in [-0.05, 0) is 82.1 Å². The van der Waals surface area contributed by atoms with Crippen LogP contribution < -0.4 is 10.1 Å². The summed E-state index contributed by atoms with van der Waals surface area (Å²) in [6.07, 6.45) is 5.46. The van der Waals surface area contributed by atoms with Gasteiger partial charge in [-0.1, -0.05) is 26.0 Å². The second-order valence-corrected chi connectivity index (χ2v) is 10.3. The first-order valence-electron chi connectivity index (χ1n) is 11.6. The SMILES string of the molecule is CCOC(=O)c1c(NC(=O)C(C)(C)CCCOc2cc(C)ccc2C)sc2c1CCCC2. The molecule has 0 saturated heterocycles. The smallest absolute Gasteiger partial charge is 0.341 e. The molecule has 1 N–H and O–H groups in total. The molecule has 5 nitrogen and oxygen atoms in total. The van der Waals surface area contributed by atoms with E-state index in [4.69, 9.17) is 9.47 Å². The molecular weight excluding hydrogens is 422 g/mol. The molecule has 0 bridgehead atoms. The molecule has 1 amide bonds. The number of rotatable bonds is 9. The van der Waals surface area contributed by atoms with E-state index in [2.05, 4.69) is 17.4 Å². The van der Waals surface area contributed by atoms with Crippen molar-refractivity contribution in [2.24, 2.45) is 5.41 Å². The van der Waals surface area contributed by atoms with Crippen molar-refractivity contribution in [1.82, 2.24) is 0 Å². The van der Waals surface area contributed by atoms with Gasteiger partial charge in [-0.2, -0.15) is 0 Å². The van der Waals surface area contributed by atoms with Crippen LogP contribution in [0.25, 0.3) is 0 Å². The minimum absolute atomic E-state index is 0.0756. The molecule has 0 unspecified atom stereocenters. The summed E-state index contributed by atoms with van der Waals surface area (Å²) in [7, 11) is 0. The summed E-state index contributed by atoms with van der Waals surface area (Å²) in [5.74, 6) is 0.491. The molecule has 1 aromatic carbocycles. The van der Waals surface area contributed by atoms with E-state index in [1.807, 2.05) is 33.8 Å². The summed E-state index contributed by atoms with van der Waals surface area (Å²) in [5, 5.41) is 3.70. The molecule has 3 rings (SSSR count). The number of ether oxygens (including phenoxy) is 2. The van der Waals surface area contributed by atoms with Crippen molar-refractivity contribution in [3.05, 3.63) is 45.3 Å². The lowest BCUT2D eigenvalue weighted by Gasteiger charge is -2.23. The van der Waals surface area contributed by atoms with Gasteiger partial charge in [0.2, 0.25) is 5.91 Å². The highest BCUT2D eigenvalue weighted by atomic mass is 32.1. The summed E-state index contributed by atoms with van der Waals surface area (Å²) in [4.78, 5) is 27.0. The third-order valence-corrected chi connectivity index (χ3v) is 7.25. The predicted octanol–water partition coefficient (Wildman–Crippen LogP) is 6.24. The Morgan fingerprint density at radius 2 is 1.91 bits per heavy atom. The minimum atomic E-state index is -0.582.